The van der Waals surface area contributed by atoms with Gasteiger partial charge in [0.05, 0.1) is 25.3 Å². The van der Waals surface area contributed by atoms with Gasteiger partial charge in [0.2, 0.25) is 5.82 Å². The molecule has 5 rings (SSSR count). The number of methoxy groups -OCH3 is 1. The van der Waals surface area contributed by atoms with Gasteiger partial charge < -0.3 is 25.0 Å². The van der Waals surface area contributed by atoms with Crippen molar-refractivity contribution < 1.29 is 19.4 Å². The molecule has 2 aliphatic heterocycles. The quantitative estimate of drug-likeness (QED) is 0.533. The number of carbonyl (C=O) groups is 2. The molecule has 1 aromatic carbocycles. The van der Waals surface area contributed by atoms with Crippen LogP contribution >= 0.6 is 0 Å². The molecule has 0 bridgehead atoms. The van der Waals surface area contributed by atoms with Gasteiger partial charge >= 0.3 is 6.03 Å². The van der Waals surface area contributed by atoms with Crippen molar-refractivity contribution in [3.63, 3.8) is 0 Å². The SMILES string of the molecule is COc1cc2c(cc1C(=O)Nc1cccc(-c3nnnn3[C@H](C)CO)n1)CN(C(=O)N1CCCC1)C2. The smallest absolute Gasteiger partial charge is 0.320 e. The molecule has 0 spiro atoms. The van der Waals surface area contributed by atoms with E-state index in [0.717, 1.165) is 37.1 Å². The van der Waals surface area contributed by atoms with Crippen molar-refractivity contribution >= 4 is 17.8 Å². The number of tetrazole rings is 1. The number of pyridine rings is 1. The van der Waals surface area contributed by atoms with Gasteiger partial charge in [-0.25, -0.2) is 14.5 Å². The molecular weight excluding hydrogens is 464 g/mol. The third kappa shape index (κ3) is 4.47. The highest BCUT2D eigenvalue weighted by molar-refractivity contribution is 6.06. The molecule has 12 nitrogen and oxygen atoms in total. The number of fused-ring (bicyclic) bond motifs is 1. The second-order valence-electron chi connectivity index (χ2n) is 8.99. The summed E-state index contributed by atoms with van der Waals surface area (Å²) in [4.78, 5) is 34.3. The van der Waals surface area contributed by atoms with Crippen LogP contribution in [0.4, 0.5) is 10.6 Å². The summed E-state index contributed by atoms with van der Waals surface area (Å²) in [6.45, 7) is 4.18. The van der Waals surface area contributed by atoms with Crippen LogP contribution in [0.25, 0.3) is 11.5 Å². The fourth-order valence-corrected chi connectivity index (χ4v) is 4.57. The summed E-state index contributed by atoms with van der Waals surface area (Å²) in [7, 11) is 1.52. The van der Waals surface area contributed by atoms with Gasteiger partial charge in [0.1, 0.15) is 17.3 Å². The minimum atomic E-state index is -0.382. The maximum Gasteiger partial charge on any atom is 0.320 e. The van der Waals surface area contributed by atoms with E-state index in [9.17, 15) is 14.7 Å². The number of hydrogen-bond acceptors (Lipinski definition) is 8. The van der Waals surface area contributed by atoms with Crippen LogP contribution in [0.3, 0.4) is 0 Å². The van der Waals surface area contributed by atoms with Crippen molar-refractivity contribution in [1.82, 2.24) is 35.0 Å². The topological polar surface area (TPSA) is 139 Å². The van der Waals surface area contributed by atoms with Crippen LogP contribution in [-0.2, 0) is 13.1 Å². The van der Waals surface area contributed by atoms with Crippen LogP contribution < -0.4 is 10.1 Å². The van der Waals surface area contributed by atoms with Crippen molar-refractivity contribution in [1.29, 1.82) is 0 Å². The number of amides is 3. The Balaban J connectivity index is 1.35. The maximum absolute atomic E-state index is 13.2. The normalized spacial score (nSPS) is 15.6. The number of likely N-dealkylation sites (tertiary alicyclic amines) is 1. The zero-order valence-electron chi connectivity index (χ0n) is 20.2. The lowest BCUT2D eigenvalue weighted by Gasteiger charge is -2.23. The number of aromatic nitrogens is 5. The first-order chi connectivity index (χ1) is 17.5. The van der Waals surface area contributed by atoms with Gasteiger partial charge in [-0.3, -0.25) is 4.79 Å². The Hall–Kier alpha value is -4.06. The molecule has 1 fully saturated rings. The fourth-order valence-electron chi connectivity index (χ4n) is 4.57. The number of aliphatic hydroxyl groups excluding tert-OH is 1. The van der Waals surface area contributed by atoms with Crippen molar-refractivity contribution in [2.24, 2.45) is 0 Å². The summed E-state index contributed by atoms with van der Waals surface area (Å²) in [6, 6.07) is 8.45. The molecule has 2 N–H and O–H groups in total. The molecule has 4 heterocycles. The van der Waals surface area contributed by atoms with Gasteiger partial charge in [-0.05, 0) is 65.6 Å². The molecule has 36 heavy (non-hydrogen) atoms. The van der Waals surface area contributed by atoms with Crippen molar-refractivity contribution in [2.75, 3.05) is 32.1 Å². The summed E-state index contributed by atoms with van der Waals surface area (Å²) >= 11 is 0. The van der Waals surface area contributed by atoms with Crippen LogP contribution in [0, 0.1) is 0 Å². The van der Waals surface area contributed by atoms with Gasteiger partial charge in [-0.1, -0.05) is 6.07 Å². The molecule has 0 saturated carbocycles. The zero-order valence-corrected chi connectivity index (χ0v) is 20.2. The molecule has 12 heteroatoms. The Morgan fingerprint density at radius 3 is 2.61 bits per heavy atom. The number of rotatable bonds is 6. The second-order valence-corrected chi connectivity index (χ2v) is 8.99. The largest absolute Gasteiger partial charge is 0.496 e. The maximum atomic E-state index is 13.2. The first kappa shape index (κ1) is 23.7. The summed E-state index contributed by atoms with van der Waals surface area (Å²) < 4.78 is 6.99. The van der Waals surface area contributed by atoms with Gasteiger partial charge in [-0.15, -0.1) is 5.10 Å². The molecular formula is C24H28N8O4. The van der Waals surface area contributed by atoms with E-state index in [1.165, 1.54) is 11.8 Å². The number of carbonyl (C=O) groups excluding carboxylic acids is 2. The van der Waals surface area contributed by atoms with Gasteiger partial charge in [0.25, 0.3) is 5.91 Å². The average Bonchev–Trinajstić information content (AvgIpc) is 3.67. The number of benzene rings is 1. The second kappa shape index (κ2) is 9.90. The van der Waals surface area contributed by atoms with E-state index in [-0.39, 0.29) is 24.6 Å². The standard InChI is InChI=1S/C24H28N8O4/c1-15(14-33)32-22(27-28-29-32)19-6-5-7-21(25-19)26-23(34)18-10-16-12-31(13-17(16)11-20(18)36-2)24(35)30-8-3-4-9-30/h5-7,10-11,15,33H,3-4,8-9,12-14H2,1-2H3,(H,25,26,34)/t15-/m1/s1. The molecule has 2 aromatic heterocycles. The molecule has 2 aliphatic rings. The highest BCUT2D eigenvalue weighted by Crippen LogP contribution is 2.32. The first-order valence-corrected chi connectivity index (χ1v) is 11.9. The molecule has 3 amide bonds. The molecule has 0 unspecified atom stereocenters. The van der Waals surface area contributed by atoms with E-state index >= 15 is 0 Å². The number of hydrogen-bond donors (Lipinski definition) is 2. The lowest BCUT2D eigenvalue weighted by atomic mass is 10.0. The third-order valence-electron chi connectivity index (χ3n) is 6.53. The zero-order chi connectivity index (χ0) is 25.2. The molecule has 1 atom stereocenters. The summed E-state index contributed by atoms with van der Waals surface area (Å²) in [6.07, 6.45) is 2.07. The van der Waals surface area contributed by atoms with Crippen LogP contribution in [0.5, 0.6) is 5.75 Å². The van der Waals surface area contributed by atoms with E-state index in [1.54, 1.807) is 36.1 Å². The number of ether oxygens (including phenoxy) is 1. The predicted molar refractivity (Wildman–Crippen MR) is 129 cm³/mol. The van der Waals surface area contributed by atoms with E-state index < -0.39 is 0 Å². The first-order valence-electron chi connectivity index (χ1n) is 11.9. The van der Waals surface area contributed by atoms with Gasteiger partial charge in [-0.2, -0.15) is 0 Å². The summed E-state index contributed by atoms with van der Waals surface area (Å²) in [5.74, 6) is 0.744. The van der Waals surface area contributed by atoms with Crippen molar-refractivity contribution in [3.05, 3.63) is 47.0 Å². The Bertz CT molecular complexity index is 1290. The van der Waals surface area contributed by atoms with Gasteiger partial charge in [0.15, 0.2) is 0 Å². The fraction of sp³-hybridized carbons (Fsp3) is 0.417. The van der Waals surface area contributed by atoms with E-state index in [4.69, 9.17) is 4.74 Å². The molecule has 188 valence electrons. The average molecular weight is 493 g/mol. The lowest BCUT2D eigenvalue weighted by molar-refractivity contribution is 0.102. The van der Waals surface area contributed by atoms with Crippen LogP contribution in [0.2, 0.25) is 0 Å². The van der Waals surface area contributed by atoms with Crippen LogP contribution in [-0.4, -0.2) is 78.8 Å². The molecule has 1 saturated heterocycles. The summed E-state index contributed by atoms with van der Waals surface area (Å²) in [5.41, 5.74) is 2.71. The predicted octanol–water partition coefficient (Wildman–Crippen LogP) is 2.08. The minimum absolute atomic E-state index is 0.0348. The molecule has 3 aromatic rings. The third-order valence-corrected chi connectivity index (χ3v) is 6.53. The van der Waals surface area contributed by atoms with E-state index in [1.807, 2.05) is 11.0 Å². The number of anilines is 1. The van der Waals surface area contributed by atoms with Gasteiger partial charge in [0, 0.05) is 26.2 Å². The highest BCUT2D eigenvalue weighted by atomic mass is 16.5. The number of nitrogens with zero attached hydrogens (tertiary/aromatic N) is 7. The lowest BCUT2D eigenvalue weighted by Crippen LogP contribution is -2.38. The van der Waals surface area contributed by atoms with E-state index in [2.05, 4.69) is 25.8 Å². The van der Waals surface area contributed by atoms with E-state index in [0.29, 0.717) is 41.7 Å². The van der Waals surface area contributed by atoms with Crippen molar-refractivity contribution in [3.8, 4) is 17.3 Å². The monoisotopic (exact) mass is 492 g/mol. The summed E-state index contributed by atoms with van der Waals surface area (Å²) in [5, 5.41) is 23.9. The molecule has 0 radical (unpaired) electrons. The Labute approximate surface area is 207 Å². The Kier molecular flexibility index (Phi) is 6.51. The Morgan fingerprint density at radius 1 is 1.14 bits per heavy atom. The van der Waals surface area contributed by atoms with Crippen molar-refractivity contribution in [2.45, 2.75) is 38.9 Å². The van der Waals surface area contributed by atoms with Crippen LogP contribution in [0.15, 0.2) is 30.3 Å². The highest BCUT2D eigenvalue weighted by Gasteiger charge is 2.30. The van der Waals surface area contributed by atoms with Crippen LogP contribution in [0.1, 0.15) is 47.3 Å². The number of nitrogens with one attached hydrogen (secondary N) is 1. The number of aliphatic hydroxyl groups is 1. The Morgan fingerprint density at radius 2 is 1.89 bits per heavy atom. The number of urea groups is 1. The minimum Gasteiger partial charge on any atom is -0.496 e. The molecule has 0 aliphatic carbocycles.